The van der Waals surface area contributed by atoms with Crippen LogP contribution in [-0.2, 0) is 11.1 Å². The van der Waals surface area contributed by atoms with Gasteiger partial charge < -0.3 is 9.66 Å². The first-order valence-corrected chi connectivity index (χ1v) is 4.08. The molecular weight excluding hydrogens is 140 g/mol. The van der Waals surface area contributed by atoms with Gasteiger partial charge in [0.25, 0.3) is 0 Å². The van der Waals surface area contributed by atoms with Crippen molar-refractivity contribution in [3.63, 3.8) is 0 Å². The van der Waals surface area contributed by atoms with E-state index in [-0.39, 0.29) is 0 Å². The van der Waals surface area contributed by atoms with Gasteiger partial charge in [0.15, 0.2) is 0 Å². The van der Waals surface area contributed by atoms with Crippen LogP contribution in [0.3, 0.4) is 0 Å². The van der Waals surface area contributed by atoms with Gasteiger partial charge in [0, 0.05) is 0 Å². The summed E-state index contributed by atoms with van der Waals surface area (Å²) in [5, 5.41) is 8.64. The summed E-state index contributed by atoms with van der Waals surface area (Å²) in [4.78, 5) is 0. The highest BCUT2D eigenvalue weighted by Gasteiger charge is 2.00. The molecule has 0 aromatic rings. The molecule has 0 rings (SSSR count). The smallest absolute Gasteiger partial charge is 0.115 e. The van der Waals surface area contributed by atoms with Gasteiger partial charge in [0.1, 0.15) is 5.44 Å². The topological polar surface area (TPSA) is 60.4 Å². The molecule has 0 spiro atoms. The molecule has 0 aromatic heterocycles. The fourth-order valence-corrected chi connectivity index (χ4v) is 0.834. The fourth-order valence-electron chi connectivity index (χ4n) is 0.475. The zero-order valence-corrected chi connectivity index (χ0v) is 6.19. The van der Waals surface area contributed by atoms with Crippen molar-refractivity contribution in [1.29, 1.82) is 0 Å². The molecule has 0 aromatic carbocycles. The molecule has 3 nitrogen and oxygen atoms in total. The van der Waals surface area contributed by atoms with Crippen LogP contribution in [0.2, 0.25) is 0 Å². The van der Waals surface area contributed by atoms with Crippen molar-refractivity contribution < 1.29 is 13.9 Å². The molecule has 0 radical (unpaired) electrons. The first-order valence-electron chi connectivity index (χ1n) is 2.94. The Morgan fingerprint density at radius 2 is 2.33 bits per heavy atom. The maximum absolute atomic E-state index is 9.96. The fraction of sp³-hybridized carbons (Fsp3) is 1.00. The molecule has 0 bridgehead atoms. The van der Waals surface area contributed by atoms with Crippen molar-refractivity contribution in [3.05, 3.63) is 0 Å². The maximum Gasteiger partial charge on any atom is 0.115 e. The monoisotopic (exact) mass is 151 g/mol. The summed E-state index contributed by atoms with van der Waals surface area (Å²) in [6.07, 6.45) is 2.02. The lowest BCUT2D eigenvalue weighted by Crippen LogP contribution is -2.12. The van der Waals surface area contributed by atoms with E-state index >= 15 is 0 Å². The number of hydrogen-bond acceptors (Lipinski definition) is 3. The van der Waals surface area contributed by atoms with E-state index in [0.717, 1.165) is 12.8 Å². The average Bonchev–Trinajstić information content (AvgIpc) is 1.82. The number of rotatable bonds is 4. The Balaban J connectivity index is 3.27. The van der Waals surface area contributed by atoms with Crippen LogP contribution in [0, 0.1) is 0 Å². The number of aliphatic hydroxyl groups is 1. The van der Waals surface area contributed by atoms with Gasteiger partial charge in [-0.3, -0.25) is 4.21 Å². The van der Waals surface area contributed by atoms with Gasteiger partial charge in [-0.15, -0.1) is 0 Å². The first-order chi connectivity index (χ1) is 4.18. The van der Waals surface area contributed by atoms with E-state index < -0.39 is 16.5 Å². The lowest BCUT2D eigenvalue weighted by Gasteiger charge is -2.11. The summed E-state index contributed by atoms with van der Waals surface area (Å²) in [6, 6.07) is 0. The van der Waals surface area contributed by atoms with Gasteiger partial charge in [-0.1, -0.05) is 19.8 Å². The molecule has 0 amide bonds. The second-order valence-corrected chi connectivity index (χ2v) is 2.92. The average molecular weight is 151 g/mol. The highest BCUT2D eigenvalue weighted by molar-refractivity contribution is 7.79. The Kier molecular flexibility index (Phi) is 4.94. The summed E-state index contributed by atoms with van der Waals surface area (Å²) in [7, 11) is 0. The number of unbranched alkanes of at least 4 members (excludes halogenated alkanes) is 1. The predicted octanol–water partition coefficient (Wildman–Crippen LogP) is 0.374. The van der Waals surface area contributed by atoms with Crippen LogP contribution in [0.4, 0.5) is 0 Å². The molecule has 0 aliphatic carbocycles. The van der Waals surface area contributed by atoms with E-state index in [2.05, 4.69) is 0 Å². The molecule has 2 atom stereocenters. The van der Waals surface area contributed by atoms with Crippen LogP contribution in [0.15, 0.2) is 0 Å². The summed E-state index contributed by atoms with van der Waals surface area (Å²) >= 11 is -2.31. The van der Waals surface area contributed by atoms with Gasteiger partial charge in [-0.2, -0.15) is 0 Å². The van der Waals surface area contributed by atoms with Gasteiger partial charge in [0.05, 0.1) is 0 Å². The van der Waals surface area contributed by atoms with Crippen LogP contribution in [0.1, 0.15) is 26.2 Å². The van der Waals surface area contributed by atoms with Crippen molar-refractivity contribution in [2.24, 2.45) is 0 Å². The predicted molar refractivity (Wildman–Crippen MR) is 34.5 cm³/mol. The second kappa shape index (κ2) is 4.90. The normalized spacial score (nSPS) is 17.2. The summed E-state index contributed by atoms with van der Waals surface area (Å²) in [6.45, 7) is 1.94. The summed E-state index contributed by atoms with van der Waals surface area (Å²) in [5.41, 5.74) is -1.16. The Morgan fingerprint density at radius 3 is 2.67 bits per heavy atom. The van der Waals surface area contributed by atoms with Crippen molar-refractivity contribution in [1.82, 2.24) is 0 Å². The zero-order valence-electron chi connectivity index (χ0n) is 5.37. The molecule has 0 aliphatic heterocycles. The quantitative estimate of drug-likeness (QED) is 0.591. The minimum atomic E-state index is -2.31. The van der Waals surface area contributed by atoms with Crippen molar-refractivity contribution in [2.45, 2.75) is 31.6 Å². The van der Waals surface area contributed by atoms with Crippen LogP contribution in [-0.4, -0.2) is 19.3 Å². The molecule has 0 aliphatic rings. The standard InChI is InChI=1S/C5H12O3S/c1-2-3-4-5(6)9(7)8/h5-6H,2-4H2,1H3,(H,7,8)/p-1. The van der Waals surface area contributed by atoms with Crippen molar-refractivity contribution >= 4 is 11.1 Å². The van der Waals surface area contributed by atoms with Crippen molar-refractivity contribution in [3.8, 4) is 0 Å². The minimum Gasteiger partial charge on any atom is -0.770 e. The Bertz CT molecular complexity index is 94.2. The maximum atomic E-state index is 9.96. The molecule has 2 unspecified atom stereocenters. The van der Waals surface area contributed by atoms with Gasteiger partial charge >= 0.3 is 0 Å². The van der Waals surface area contributed by atoms with Crippen LogP contribution < -0.4 is 0 Å². The van der Waals surface area contributed by atoms with E-state index in [4.69, 9.17) is 5.11 Å². The Morgan fingerprint density at radius 1 is 1.78 bits per heavy atom. The lowest BCUT2D eigenvalue weighted by atomic mass is 10.3. The van der Waals surface area contributed by atoms with E-state index in [1.54, 1.807) is 0 Å². The van der Waals surface area contributed by atoms with Gasteiger partial charge in [0.2, 0.25) is 0 Å². The summed E-state index contributed by atoms with van der Waals surface area (Å²) in [5.74, 6) is 0. The largest absolute Gasteiger partial charge is 0.770 e. The van der Waals surface area contributed by atoms with E-state index in [1.807, 2.05) is 6.92 Å². The third-order valence-corrected chi connectivity index (χ3v) is 1.71. The lowest BCUT2D eigenvalue weighted by molar-refractivity contribution is 0.230. The van der Waals surface area contributed by atoms with E-state index in [9.17, 15) is 8.76 Å². The second-order valence-electron chi connectivity index (χ2n) is 1.86. The highest BCUT2D eigenvalue weighted by Crippen LogP contribution is 2.01. The molecule has 0 heterocycles. The molecule has 9 heavy (non-hydrogen) atoms. The molecule has 0 saturated carbocycles. The van der Waals surface area contributed by atoms with E-state index in [0.29, 0.717) is 6.42 Å². The van der Waals surface area contributed by atoms with Gasteiger partial charge in [-0.05, 0) is 17.5 Å². The first kappa shape index (κ1) is 9.07. The molecular formula is C5H11O3S-. The van der Waals surface area contributed by atoms with E-state index in [1.165, 1.54) is 0 Å². The Labute approximate surface area is 57.4 Å². The SMILES string of the molecule is CCCCC(O)S(=O)[O-]. The molecule has 56 valence electrons. The molecule has 1 N–H and O–H groups in total. The van der Waals surface area contributed by atoms with Crippen LogP contribution in [0.5, 0.6) is 0 Å². The zero-order chi connectivity index (χ0) is 7.28. The molecule has 0 saturated heterocycles. The number of aliphatic hydroxyl groups excluding tert-OH is 1. The molecule has 4 heteroatoms. The Hall–Kier alpha value is 0.0700. The third kappa shape index (κ3) is 4.57. The number of hydrogen-bond donors (Lipinski definition) is 1. The minimum absolute atomic E-state index is 0.354. The molecule has 0 fully saturated rings. The van der Waals surface area contributed by atoms with Gasteiger partial charge in [-0.25, -0.2) is 0 Å². The highest BCUT2D eigenvalue weighted by atomic mass is 32.2. The van der Waals surface area contributed by atoms with Crippen LogP contribution in [0.25, 0.3) is 0 Å². The van der Waals surface area contributed by atoms with Crippen molar-refractivity contribution in [2.75, 3.05) is 0 Å². The van der Waals surface area contributed by atoms with Crippen LogP contribution >= 0.6 is 0 Å². The third-order valence-electron chi connectivity index (χ3n) is 1.03. The summed E-state index contributed by atoms with van der Waals surface area (Å²) < 4.78 is 19.9.